The van der Waals surface area contributed by atoms with Crippen molar-refractivity contribution in [2.75, 3.05) is 52.4 Å². The van der Waals surface area contributed by atoms with Crippen LogP contribution in [0.15, 0.2) is 78.9 Å². The standard InChI is InChI=1S/C39H51N3O6/c1-28(2)42(27-38(45-3)46-4)37(43)18-20-47-19-17-29-11-10-12-30(21-29)24-41-25-32-22-34(23-33(32)26-41)48-39(44)40-36-16-9-8-15-35(36)31-13-6-5-7-14-31/h5-16,21,28,32-34,38H,17-20,22-27H2,1-4H3,(H,40,44)/t32-,33+,34?. The predicted molar refractivity (Wildman–Crippen MR) is 187 cm³/mol. The average Bonchev–Trinajstić information content (AvgIpc) is 3.63. The highest BCUT2D eigenvalue weighted by Gasteiger charge is 2.42. The van der Waals surface area contributed by atoms with E-state index < -0.39 is 6.29 Å². The van der Waals surface area contributed by atoms with E-state index in [4.69, 9.17) is 18.9 Å². The first-order chi connectivity index (χ1) is 23.3. The molecule has 3 atom stereocenters. The molecule has 1 N–H and O–H groups in total. The second-order valence-electron chi connectivity index (χ2n) is 13.2. The van der Waals surface area contributed by atoms with Crippen LogP contribution < -0.4 is 5.32 Å². The van der Waals surface area contributed by atoms with Crippen molar-refractivity contribution >= 4 is 17.7 Å². The maximum Gasteiger partial charge on any atom is 0.411 e. The number of ether oxygens (including phenoxy) is 4. The molecule has 0 radical (unpaired) electrons. The molecule has 5 rings (SSSR count). The molecule has 2 amide bonds. The second kappa shape index (κ2) is 17.6. The van der Waals surface area contributed by atoms with Crippen LogP contribution in [0.4, 0.5) is 10.5 Å². The van der Waals surface area contributed by atoms with Gasteiger partial charge in [-0.15, -0.1) is 0 Å². The number of rotatable bonds is 16. The van der Waals surface area contributed by atoms with Crippen LogP contribution in [-0.2, 0) is 36.7 Å². The summed E-state index contributed by atoms with van der Waals surface area (Å²) in [4.78, 5) is 29.9. The van der Waals surface area contributed by atoms with Gasteiger partial charge < -0.3 is 23.8 Å². The number of amides is 2. The van der Waals surface area contributed by atoms with E-state index in [1.165, 1.54) is 11.1 Å². The normalized spacial score (nSPS) is 19.1. The van der Waals surface area contributed by atoms with Crippen LogP contribution in [0.5, 0.6) is 0 Å². The molecule has 0 aromatic heterocycles. The van der Waals surface area contributed by atoms with Crippen LogP contribution in [0.3, 0.4) is 0 Å². The van der Waals surface area contributed by atoms with Gasteiger partial charge in [0.1, 0.15) is 6.10 Å². The molecule has 1 aliphatic heterocycles. The van der Waals surface area contributed by atoms with Gasteiger partial charge in [0.15, 0.2) is 6.29 Å². The fourth-order valence-corrected chi connectivity index (χ4v) is 7.06. The molecule has 0 spiro atoms. The van der Waals surface area contributed by atoms with Gasteiger partial charge in [0.2, 0.25) is 5.91 Å². The van der Waals surface area contributed by atoms with Crippen molar-refractivity contribution in [3.63, 3.8) is 0 Å². The molecule has 2 aliphatic rings. The van der Waals surface area contributed by atoms with E-state index in [-0.39, 0.29) is 24.1 Å². The van der Waals surface area contributed by atoms with E-state index in [9.17, 15) is 9.59 Å². The molecule has 1 saturated carbocycles. The third-order valence-corrected chi connectivity index (χ3v) is 9.51. The molecule has 2 fully saturated rings. The summed E-state index contributed by atoms with van der Waals surface area (Å²) in [5.41, 5.74) is 5.32. The molecule has 1 unspecified atom stereocenters. The lowest BCUT2D eigenvalue weighted by atomic mass is 10.0. The van der Waals surface area contributed by atoms with Crippen LogP contribution in [-0.4, -0.2) is 87.3 Å². The number of para-hydroxylation sites is 1. The Hall–Kier alpha value is -3.76. The summed E-state index contributed by atoms with van der Waals surface area (Å²) in [7, 11) is 3.16. The molecule has 48 heavy (non-hydrogen) atoms. The number of nitrogens with zero attached hydrogens (tertiary/aromatic N) is 2. The van der Waals surface area contributed by atoms with Crippen LogP contribution in [0.25, 0.3) is 11.1 Å². The van der Waals surface area contributed by atoms with Gasteiger partial charge in [-0.05, 0) is 67.7 Å². The molecule has 9 heteroatoms. The van der Waals surface area contributed by atoms with Crippen LogP contribution >= 0.6 is 0 Å². The van der Waals surface area contributed by atoms with Gasteiger partial charge in [-0.25, -0.2) is 4.79 Å². The minimum absolute atomic E-state index is 0.0345. The van der Waals surface area contributed by atoms with Gasteiger partial charge in [-0.3, -0.25) is 15.0 Å². The average molecular weight is 658 g/mol. The first-order valence-electron chi connectivity index (χ1n) is 17.2. The number of likely N-dealkylation sites (tertiary alicyclic amines) is 1. The molecule has 1 heterocycles. The predicted octanol–water partition coefficient (Wildman–Crippen LogP) is 6.62. The largest absolute Gasteiger partial charge is 0.446 e. The number of carbonyl (C=O) groups is 2. The number of methoxy groups -OCH3 is 2. The highest BCUT2D eigenvalue weighted by molar-refractivity contribution is 5.91. The van der Waals surface area contributed by atoms with Crippen molar-refractivity contribution in [3.8, 4) is 11.1 Å². The summed E-state index contributed by atoms with van der Waals surface area (Å²) in [5.74, 6) is 1.12. The lowest BCUT2D eigenvalue weighted by molar-refractivity contribution is -0.149. The highest BCUT2D eigenvalue weighted by atomic mass is 16.7. The Balaban J connectivity index is 1.01. The Morgan fingerprint density at radius 3 is 2.27 bits per heavy atom. The molecule has 258 valence electrons. The number of hydrogen-bond donors (Lipinski definition) is 1. The first-order valence-corrected chi connectivity index (χ1v) is 17.2. The van der Waals surface area contributed by atoms with E-state index in [0.29, 0.717) is 38.0 Å². The fraction of sp³-hybridized carbons (Fsp3) is 0.487. The van der Waals surface area contributed by atoms with E-state index in [1.54, 1.807) is 19.1 Å². The van der Waals surface area contributed by atoms with Crippen LogP contribution in [0.2, 0.25) is 0 Å². The summed E-state index contributed by atoms with van der Waals surface area (Å²) in [6.45, 7) is 8.28. The maximum atomic E-state index is 12.9. The summed E-state index contributed by atoms with van der Waals surface area (Å²) in [6.07, 6.45) is 2.07. The van der Waals surface area contributed by atoms with Crippen molar-refractivity contribution in [3.05, 3.63) is 90.0 Å². The Morgan fingerprint density at radius 1 is 0.875 bits per heavy atom. The number of hydrogen-bond acceptors (Lipinski definition) is 7. The van der Waals surface area contributed by atoms with Gasteiger partial charge in [0, 0.05) is 45.5 Å². The van der Waals surface area contributed by atoms with Gasteiger partial charge in [0.25, 0.3) is 0 Å². The highest BCUT2D eigenvalue weighted by Crippen LogP contribution is 2.40. The molecule has 1 aliphatic carbocycles. The van der Waals surface area contributed by atoms with E-state index >= 15 is 0 Å². The summed E-state index contributed by atoms with van der Waals surface area (Å²) in [6, 6.07) is 26.7. The maximum absolute atomic E-state index is 12.9. The zero-order valence-corrected chi connectivity index (χ0v) is 28.8. The van der Waals surface area contributed by atoms with Gasteiger partial charge in [-0.2, -0.15) is 0 Å². The minimum Gasteiger partial charge on any atom is -0.446 e. The zero-order chi connectivity index (χ0) is 33.9. The third-order valence-electron chi connectivity index (χ3n) is 9.51. The summed E-state index contributed by atoms with van der Waals surface area (Å²) < 4.78 is 22.3. The van der Waals surface area contributed by atoms with Crippen molar-refractivity contribution in [1.29, 1.82) is 0 Å². The monoisotopic (exact) mass is 657 g/mol. The number of nitrogens with one attached hydrogen (secondary N) is 1. The Labute approximate surface area is 285 Å². The third kappa shape index (κ3) is 9.89. The fourth-order valence-electron chi connectivity index (χ4n) is 7.06. The minimum atomic E-state index is -0.441. The van der Waals surface area contributed by atoms with Crippen molar-refractivity contribution in [2.24, 2.45) is 11.8 Å². The van der Waals surface area contributed by atoms with Crippen LogP contribution in [0, 0.1) is 11.8 Å². The Morgan fingerprint density at radius 2 is 1.56 bits per heavy atom. The van der Waals surface area contributed by atoms with Crippen molar-refractivity contribution in [2.45, 2.75) is 64.5 Å². The van der Waals surface area contributed by atoms with Gasteiger partial charge >= 0.3 is 6.09 Å². The molecule has 3 aromatic carbocycles. The lowest BCUT2D eigenvalue weighted by Gasteiger charge is -2.29. The van der Waals surface area contributed by atoms with Crippen molar-refractivity contribution < 1.29 is 28.5 Å². The van der Waals surface area contributed by atoms with Gasteiger partial charge in [0.05, 0.1) is 31.9 Å². The molecular weight excluding hydrogens is 606 g/mol. The van der Waals surface area contributed by atoms with Crippen molar-refractivity contribution in [1.82, 2.24) is 9.80 Å². The number of benzene rings is 3. The van der Waals surface area contributed by atoms with E-state index in [0.717, 1.165) is 55.7 Å². The van der Waals surface area contributed by atoms with Gasteiger partial charge in [-0.1, -0.05) is 72.8 Å². The topological polar surface area (TPSA) is 89.6 Å². The molecule has 3 aromatic rings. The van der Waals surface area contributed by atoms with Crippen LogP contribution in [0.1, 0.15) is 44.2 Å². The summed E-state index contributed by atoms with van der Waals surface area (Å²) in [5, 5.41) is 2.99. The molecule has 0 bridgehead atoms. The Kier molecular flexibility index (Phi) is 13.0. The molecule has 1 saturated heterocycles. The first kappa shape index (κ1) is 35.5. The summed E-state index contributed by atoms with van der Waals surface area (Å²) >= 11 is 0. The number of anilines is 1. The number of fused-ring (bicyclic) bond motifs is 1. The smallest absolute Gasteiger partial charge is 0.411 e. The quantitative estimate of drug-likeness (QED) is 0.137. The molecule has 9 nitrogen and oxygen atoms in total. The Bertz CT molecular complexity index is 1450. The second-order valence-corrected chi connectivity index (χ2v) is 13.2. The van der Waals surface area contributed by atoms with E-state index in [1.807, 2.05) is 68.4 Å². The molecular formula is C39H51N3O6. The SMILES string of the molecule is COC(CN(C(=O)CCOCCc1cccc(CN2C[C@H]3CC(OC(=O)Nc4ccccc4-c4ccccc4)C[C@H]3C2)c1)C(C)C)OC. The number of carbonyl (C=O) groups excluding carboxylic acids is 2. The zero-order valence-electron chi connectivity index (χ0n) is 28.8. The lowest BCUT2D eigenvalue weighted by Crippen LogP contribution is -2.43. The van der Waals surface area contributed by atoms with E-state index in [2.05, 4.69) is 34.5 Å².